The fourth-order valence-corrected chi connectivity index (χ4v) is 2.13. The van der Waals surface area contributed by atoms with Gasteiger partial charge in [-0.2, -0.15) is 0 Å². The Morgan fingerprint density at radius 1 is 1.07 bits per heavy atom. The van der Waals surface area contributed by atoms with Crippen LogP contribution in [0.15, 0.2) is 0 Å². The molecule has 1 saturated heterocycles. The zero-order valence-electron chi connectivity index (χ0n) is 10.2. The number of nitrogens with zero attached hydrogens (tertiary/aromatic N) is 2. The van der Waals surface area contributed by atoms with Crippen molar-refractivity contribution in [3.63, 3.8) is 0 Å². The molecule has 1 heterocycles. The molecule has 0 bridgehead atoms. The number of likely N-dealkylation sites (tertiary alicyclic amines) is 1. The zero-order valence-corrected chi connectivity index (χ0v) is 10.2. The number of carbonyl (C=O) groups is 1. The number of urea groups is 1. The SMILES string of the molecule is CCCN(CCC)C(=O)N1CCCCC1. The average molecular weight is 212 g/mol. The number of hydrogen-bond acceptors (Lipinski definition) is 1. The van der Waals surface area contributed by atoms with Crippen molar-refractivity contribution in [3.05, 3.63) is 0 Å². The van der Waals surface area contributed by atoms with Crippen molar-refractivity contribution in [2.75, 3.05) is 26.2 Å². The Bertz CT molecular complexity index is 182. The summed E-state index contributed by atoms with van der Waals surface area (Å²) in [4.78, 5) is 16.2. The topological polar surface area (TPSA) is 23.6 Å². The second-order valence-corrected chi connectivity index (χ2v) is 4.32. The van der Waals surface area contributed by atoms with Gasteiger partial charge in [-0.3, -0.25) is 0 Å². The third-order valence-electron chi connectivity index (χ3n) is 2.88. The van der Waals surface area contributed by atoms with Crippen LogP contribution in [0.2, 0.25) is 0 Å². The molecule has 3 nitrogen and oxygen atoms in total. The van der Waals surface area contributed by atoms with Crippen LogP contribution in [-0.2, 0) is 0 Å². The van der Waals surface area contributed by atoms with E-state index < -0.39 is 0 Å². The molecule has 88 valence electrons. The molecule has 3 heteroatoms. The molecule has 1 fully saturated rings. The molecule has 1 aliphatic heterocycles. The Balaban J connectivity index is 2.45. The van der Waals surface area contributed by atoms with Crippen LogP contribution < -0.4 is 0 Å². The molecule has 0 saturated carbocycles. The van der Waals surface area contributed by atoms with Crippen LogP contribution in [0.3, 0.4) is 0 Å². The van der Waals surface area contributed by atoms with E-state index in [9.17, 15) is 4.79 Å². The molecule has 0 aromatic carbocycles. The number of hydrogen-bond donors (Lipinski definition) is 0. The van der Waals surface area contributed by atoms with Crippen molar-refractivity contribution in [1.29, 1.82) is 0 Å². The number of amides is 2. The molecule has 0 aliphatic carbocycles. The molecule has 2 amide bonds. The number of rotatable bonds is 4. The normalized spacial score (nSPS) is 16.5. The molecule has 0 unspecified atom stereocenters. The summed E-state index contributed by atoms with van der Waals surface area (Å²) in [6.45, 7) is 8.00. The highest BCUT2D eigenvalue weighted by molar-refractivity contribution is 5.74. The predicted octanol–water partition coefficient (Wildman–Crippen LogP) is 2.71. The highest BCUT2D eigenvalue weighted by Crippen LogP contribution is 2.11. The molecule has 0 aromatic rings. The van der Waals surface area contributed by atoms with E-state index in [-0.39, 0.29) is 6.03 Å². The molecule has 1 aliphatic rings. The minimum absolute atomic E-state index is 0.262. The van der Waals surface area contributed by atoms with Gasteiger partial charge in [-0.05, 0) is 32.1 Å². The molecule has 0 N–H and O–H groups in total. The summed E-state index contributed by atoms with van der Waals surface area (Å²) in [6, 6.07) is 0.262. The van der Waals surface area contributed by atoms with Gasteiger partial charge in [0.2, 0.25) is 0 Å². The lowest BCUT2D eigenvalue weighted by molar-refractivity contribution is 0.143. The van der Waals surface area contributed by atoms with E-state index >= 15 is 0 Å². The first-order chi connectivity index (χ1) is 7.29. The van der Waals surface area contributed by atoms with E-state index in [1.807, 2.05) is 9.80 Å². The second kappa shape index (κ2) is 6.70. The third-order valence-corrected chi connectivity index (χ3v) is 2.88. The van der Waals surface area contributed by atoms with E-state index in [1.165, 1.54) is 19.3 Å². The van der Waals surface area contributed by atoms with Gasteiger partial charge in [-0.1, -0.05) is 13.8 Å². The summed E-state index contributed by atoms with van der Waals surface area (Å²) in [5.74, 6) is 0. The standard InChI is InChI=1S/C12H24N2O/c1-3-8-13(9-4-2)12(15)14-10-6-5-7-11-14/h3-11H2,1-2H3. The van der Waals surface area contributed by atoms with E-state index in [0.29, 0.717) is 0 Å². The molecule has 0 radical (unpaired) electrons. The van der Waals surface area contributed by atoms with Gasteiger partial charge < -0.3 is 9.80 Å². The van der Waals surface area contributed by atoms with E-state index in [2.05, 4.69) is 13.8 Å². The molecular weight excluding hydrogens is 188 g/mol. The Hall–Kier alpha value is -0.730. The highest BCUT2D eigenvalue weighted by Gasteiger charge is 2.20. The van der Waals surface area contributed by atoms with Crippen LogP contribution in [0.5, 0.6) is 0 Å². The van der Waals surface area contributed by atoms with Gasteiger partial charge in [0, 0.05) is 26.2 Å². The second-order valence-electron chi connectivity index (χ2n) is 4.32. The van der Waals surface area contributed by atoms with Crippen LogP contribution in [0.25, 0.3) is 0 Å². The summed E-state index contributed by atoms with van der Waals surface area (Å²) in [6.07, 6.45) is 5.75. The first kappa shape index (κ1) is 12.3. The van der Waals surface area contributed by atoms with Crippen LogP contribution >= 0.6 is 0 Å². The van der Waals surface area contributed by atoms with Crippen molar-refractivity contribution < 1.29 is 4.79 Å². The van der Waals surface area contributed by atoms with Gasteiger partial charge in [0.15, 0.2) is 0 Å². The van der Waals surface area contributed by atoms with Gasteiger partial charge in [0.25, 0.3) is 0 Å². The lowest BCUT2D eigenvalue weighted by Gasteiger charge is -2.32. The zero-order chi connectivity index (χ0) is 11.1. The fraction of sp³-hybridized carbons (Fsp3) is 0.917. The average Bonchev–Trinajstić information content (AvgIpc) is 2.29. The highest BCUT2D eigenvalue weighted by atomic mass is 16.2. The Morgan fingerprint density at radius 3 is 2.07 bits per heavy atom. The summed E-state index contributed by atoms with van der Waals surface area (Å²) in [7, 11) is 0. The summed E-state index contributed by atoms with van der Waals surface area (Å²) in [5.41, 5.74) is 0. The third kappa shape index (κ3) is 3.73. The minimum Gasteiger partial charge on any atom is -0.325 e. The fourth-order valence-electron chi connectivity index (χ4n) is 2.13. The largest absolute Gasteiger partial charge is 0.325 e. The van der Waals surface area contributed by atoms with Crippen LogP contribution in [0.1, 0.15) is 46.0 Å². The van der Waals surface area contributed by atoms with Crippen LogP contribution in [0.4, 0.5) is 4.79 Å². The lowest BCUT2D eigenvalue weighted by atomic mass is 10.1. The van der Waals surface area contributed by atoms with Crippen molar-refractivity contribution in [1.82, 2.24) is 9.80 Å². The maximum Gasteiger partial charge on any atom is 0.319 e. The Morgan fingerprint density at radius 2 is 1.60 bits per heavy atom. The van der Waals surface area contributed by atoms with Crippen molar-refractivity contribution >= 4 is 6.03 Å². The van der Waals surface area contributed by atoms with Crippen molar-refractivity contribution in [3.8, 4) is 0 Å². The van der Waals surface area contributed by atoms with Gasteiger partial charge in [0.1, 0.15) is 0 Å². The van der Waals surface area contributed by atoms with Crippen LogP contribution in [0, 0.1) is 0 Å². The van der Waals surface area contributed by atoms with Crippen molar-refractivity contribution in [2.45, 2.75) is 46.0 Å². The van der Waals surface area contributed by atoms with Gasteiger partial charge in [-0.25, -0.2) is 4.79 Å². The Labute approximate surface area is 93.4 Å². The van der Waals surface area contributed by atoms with E-state index in [0.717, 1.165) is 39.0 Å². The Kier molecular flexibility index (Phi) is 5.51. The van der Waals surface area contributed by atoms with Crippen molar-refractivity contribution in [2.24, 2.45) is 0 Å². The summed E-state index contributed by atoms with van der Waals surface area (Å²) < 4.78 is 0. The smallest absolute Gasteiger partial charge is 0.319 e. The summed E-state index contributed by atoms with van der Waals surface area (Å²) in [5, 5.41) is 0. The van der Waals surface area contributed by atoms with E-state index in [1.54, 1.807) is 0 Å². The molecule has 1 rings (SSSR count). The predicted molar refractivity (Wildman–Crippen MR) is 63.0 cm³/mol. The summed E-state index contributed by atoms with van der Waals surface area (Å²) >= 11 is 0. The van der Waals surface area contributed by atoms with Gasteiger partial charge in [-0.15, -0.1) is 0 Å². The first-order valence-corrected chi connectivity index (χ1v) is 6.33. The molecule has 0 spiro atoms. The molecule has 0 aromatic heterocycles. The van der Waals surface area contributed by atoms with Gasteiger partial charge in [0.05, 0.1) is 0 Å². The van der Waals surface area contributed by atoms with Gasteiger partial charge >= 0.3 is 6.03 Å². The molecule has 15 heavy (non-hydrogen) atoms. The maximum absolute atomic E-state index is 12.1. The molecule has 0 atom stereocenters. The quantitative estimate of drug-likeness (QED) is 0.703. The monoisotopic (exact) mass is 212 g/mol. The number of carbonyl (C=O) groups excluding carboxylic acids is 1. The minimum atomic E-state index is 0.262. The number of piperidine rings is 1. The van der Waals surface area contributed by atoms with Crippen LogP contribution in [-0.4, -0.2) is 42.0 Å². The molecular formula is C12H24N2O. The maximum atomic E-state index is 12.1. The first-order valence-electron chi connectivity index (χ1n) is 6.33. The van der Waals surface area contributed by atoms with E-state index in [4.69, 9.17) is 0 Å². The lowest BCUT2D eigenvalue weighted by Crippen LogP contribution is -2.46.